The fourth-order valence-electron chi connectivity index (χ4n) is 3.58. The number of carbonyl (C=O) groups is 1. The van der Waals surface area contributed by atoms with Crippen molar-refractivity contribution in [2.75, 3.05) is 0 Å². The van der Waals surface area contributed by atoms with Crippen LogP contribution in [0.2, 0.25) is 0 Å². The maximum Gasteiger partial charge on any atom is 0.251 e. The van der Waals surface area contributed by atoms with Crippen LogP contribution in [-0.2, 0) is 0 Å². The standard InChI is InChI=1S/C23H21N5O/c1-14-8-9-17(23(29)27-18-10-11-18)12-19(14)28-15(2)26-21-20(24-13-25-22(21)28)16-6-4-3-5-7-16/h3-9,12-13,18H,10-11H2,1-2H3,(H,27,29). The number of nitrogens with one attached hydrogen (secondary N) is 1. The van der Waals surface area contributed by atoms with Crippen LogP contribution in [0.25, 0.3) is 28.1 Å². The molecule has 0 bridgehead atoms. The number of imidazole rings is 1. The van der Waals surface area contributed by atoms with E-state index in [4.69, 9.17) is 4.98 Å². The Labute approximate surface area is 168 Å². The Balaban J connectivity index is 1.66. The molecule has 2 aromatic heterocycles. The molecular formula is C23H21N5O. The molecule has 0 unspecified atom stereocenters. The van der Waals surface area contributed by atoms with Crippen molar-refractivity contribution in [2.24, 2.45) is 0 Å². The molecule has 1 N–H and O–H groups in total. The highest BCUT2D eigenvalue weighted by Crippen LogP contribution is 2.29. The number of hydrogen-bond donors (Lipinski definition) is 1. The van der Waals surface area contributed by atoms with Crippen LogP contribution in [0.5, 0.6) is 0 Å². The lowest BCUT2D eigenvalue weighted by atomic mass is 10.1. The summed E-state index contributed by atoms with van der Waals surface area (Å²) in [7, 11) is 0. The molecule has 29 heavy (non-hydrogen) atoms. The average molecular weight is 383 g/mol. The van der Waals surface area contributed by atoms with Crippen molar-refractivity contribution in [1.29, 1.82) is 0 Å². The number of rotatable bonds is 4. The van der Waals surface area contributed by atoms with Crippen molar-refractivity contribution in [3.63, 3.8) is 0 Å². The van der Waals surface area contributed by atoms with Gasteiger partial charge in [-0.05, 0) is 44.4 Å². The minimum Gasteiger partial charge on any atom is -0.349 e. The molecule has 0 aliphatic heterocycles. The highest BCUT2D eigenvalue weighted by Gasteiger charge is 2.24. The summed E-state index contributed by atoms with van der Waals surface area (Å²) >= 11 is 0. The topological polar surface area (TPSA) is 72.7 Å². The van der Waals surface area contributed by atoms with E-state index >= 15 is 0 Å². The van der Waals surface area contributed by atoms with Crippen LogP contribution in [0.1, 0.15) is 34.6 Å². The van der Waals surface area contributed by atoms with Gasteiger partial charge >= 0.3 is 0 Å². The van der Waals surface area contributed by atoms with Gasteiger partial charge in [0.15, 0.2) is 5.65 Å². The predicted octanol–water partition coefficient (Wildman–Crippen LogP) is 3.99. The Hall–Kier alpha value is -3.54. The lowest BCUT2D eigenvalue weighted by Gasteiger charge is -2.12. The fourth-order valence-corrected chi connectivity index (χ4v) is 3.58. The minimum atomic E-state index is -0.0320. The monoisotopic (exact) mass is 383 g/mol. The molecule has 0 atom stereocenters. The van der Waals surface area contributed by atoms with E-state index in [0.29, 0.717) is 11.6 Å². The molecule has 5 rings (SSSR count). The largest absolute Gasteiger partial charge is 0.349 e. The first-order valence-corrected chi connectivity index (χ1v) is 9.79. The lowest BCUT2D eigenvalue weighted by molar-refractivity contribution is 0.0951. The van der Waals surface area contributed by atoms with Gasteiger partial charge in [-0.1, -0.05) is 36.4 Å². The number of benzene rings is 2. The van der Waals surface area contributed by atoms with Crippen molar-refractivity contribution >= 4 is 17.1 Å². The number of aryl methyl sites for hydroxylation is 2. The summed E-state index contributed by atoms with van der Waals surface area (Å²) in [6.45, 7) is 3.98. The lowest BCUT2D eigenvalue weighted by Crippen LogP contribution is -2.25. The average Bonchev–Trinajstić information content (AvgIpc) is 3.48. The Bertz CT molecular complexity index is 1220. The third-order valence-corrected chi connectivity index (χ3v) is 5.28. The van der Waals surface area contributed by atoms with Crippen LogP contribution < -0.4 is 5.32 Å². The Morgan fingerprint density at radius 3 is 2.62 bits per heavy atom. The van der Waals surface area contributed by atoms with Crippen LogP contribution in [0.15, 0.2) is 54.9 Å². The highest BCUT2D eigenvalue weighted by atomic mass is 16.1. The number of aromatic nitrogens is 4. The van der Waals surface area contributed by atoms with E-state index in [9.17, 15) is 4.79 Å². The zero-order valence-electron chi connectivity index (χ0n) is 16.4. The van der Waals surface area contributed by atoms with E-state index < -0.39 is 0 Å². The van der Waals surface area contributed by atoms with Gasteiger partial charge in [-0.2, -0.15) is 0 Å². The fraction of sp³-hybridized carbons (Fsp3) is 0.217. The van der Waals surface area contributed by atoms with Crippen LogP contribution in [0, 0.1) is 13.8 Å². The quantitative estimate of drug-likeness (QED) is 0.578. The second-order valence-corrected chi connectivity index (χ2v) is 7.50. The highest BCUT2D eigenvalue weighted by molar-refractivity contribution is 5.95. The molecule has 1 aliphatic rings. The Morgan fingerprint density at radius 1 is 1.07 bits per heavy atom. The number of hydrogen-bond acceptors (Lipinski definition) is 4. The first-order valence-electron chi connectivity index (χ1n) is 9.79. The van der Waals surface area contributed by atoms with Gasteiger partial charge in [0.1, 0.15) is 23.4 Å². The molecule has 2 aromatic carbocycles. The number of fused-ring (bicyclic) bond motifs is 1. The molecule has 2 heterocycles. The molecule has 1 amide bonds. The van der Waals surface area contributed by atoms with E-state index in [-0.39, 0.29) is 5.91 Å². The number of nitrogens with zero attached hydrogens (tertiary/aromatic N) is 4. The number of amides is 1. The Kier molecular flexibility index (Phi) is 4.12. The zero-order chi connectivity index (χ0) is 20.0. The van der Waals surface area contributed by atoms with E-state index in [2.05, 4.69) is 15.3 Å². The van der Waals surface area contributed by atoms with Gasteiger partial charge in [0.05, 0.1) is 5.69 Å². The predicted molar refractivity (Wildman–Crippen MR) is 112 cm³/mol. The van der Waals surface area contributed by atoms with Gasteiger partial charge < -0.3 is 5.32 Å². The normalized spacial score (nSPS) is 13.6. The maximum atomic E-state index is 12.6. The van der Waals surface area contributed by atoms with E-state index in [1.54, 1.807) is 6.33 Å². The van der Waals surface area contributed by atoms with E-state index in [0.717, 1.165) is 52.3 Å². The Morgan fingerprint density at radius 2 is 1.86 bits per heavy atom. The molecule has 1 fully saturated rings. The van der Waals surface area contributed by atoms with Crippen LogP contribution in [0.4, 0.5) is 0 Å². The SMILES string of the molecule is Cc1ccc(C(=O)NC2CC2)cc1-n1c(C)nc2c(-c3ccccc3)ncnc21. The summed E-state index contributed by atoms with van der Waals surface area (Å²) in [5, 5.41) is 3.06. The molecule has 0 spiro atoms. The number of carbonyl (C=O) groups excluding carboxylic acids is 1. The van der Waals surface area contributed by atoms with Crippen molar-refractivity contribution in [1.82, 2.24) is 24.8 Å². The van der Waals surface area contributed by atoms with Crippen LogP contribution >= 0.6 is 0 Å². The summed E-state index contributed by atoms with van der Waals surface area (Å²) in [5.41, 5.74) is 5.90. The van der Waals surface area contributed by atoms with E-state index in [1.807, 2.05) is 66.9 Å². The molecule has 6 nitrogen and oxygen atoms in total. The van der Waals surface area contributed by atoms with Crippen molar-refractivity contribution in [3.8, 4) is 16.9 Å². The zero-order valence-corrected chi connectivity index (χ0v) is 16.4. The molecule has 1 aliphatic carbocycles. The van der Waals surface area contributed by atoms with Gasteiger partial charge in [0.2, 0.25) is 0 Å². The summed E-state index contributed by atoms with van der Waals surface area (Å²) in [6, 6.07) is 16.1. The van der Waals surface area contributed by atoms with Gasteiger partial charge in [-0.15, -0.1) is 0 Å². The molecule has 1 saturated carbocycles. The third kappa shape index (κ3) is 3.16. The van der Waals surface area contributed by atoms with Gasteiger partial charge in [0.25, 0.3) is 5.91 Å². The molecular weight excluding hydrogens is 362 g/mol. The van der Waals surface area contributed by atoms with Gasteiger partial charge in [-0.3, -0.25) is 9.36 Å². The summed E-state index contributed by atoms with van der Waals surface area (Å²) < 4.78 is 2.01. The minimum absolute atomic E-state index is 0.0320. The van der Waals surface area contributed by atoms with Crippen molar-refractivity contribution < 1.29 is 4.79 Å². The van der Waals surface area contributed by atoms with Crippen molar-refractivity contribution in [3.05, 3.63) is 71.8 Å². The molecule has 0 radical (unpaired) electrons. The van der Waals surface area contributed by atoms with Crippen molar-refractivity contribution in [2.45, 2.75) is 32.7 Å². The van der Waals surface area contributed by atoms with Crippen LogP contribution in [0.3, 0.4) is 0 Å². The molecule has 6 heteroatoms. The first-order chi connectivity index (χ1) is 14.1. The molecule has 0 saturated heterocycles. The van der Waals surface area contributed by atoms with Gasteiger partial charge in [-0.25, -0.2) is 15.0 Å². The second-order valence-electron chi connectivity index (χ2n) is 7.50. The maximum absolute atomic E-state index is 12.6. The summed E-state index contributed by atoms with van der Waals surface area (Å²) in [5.74, 6) is 0.774. The van der Waals surface area contributed by atoms with E-state index in [1.165, 1.54) is 0 Å². The van der Waals surface area contributed by atoms with Gasteiger partial charge in [0, 0.05) is 17.2 Å². The summed E-state index contributed by atoms with van der Waals surface area (Å²) in [4.78, 5) is 26.3. The third-order valence-electron chi connectivity index (χ3n) is 5.28. The smallest absolute Gasteiger partial charge is 0.251 e. The van der Waals surface area contributed by atoms with Crippen LogP contribution in [-0.4, -0.2) is 31.5 Å². The summed E-state index contributed by atoms with van der Waals surface area (Å²) in [6.07, 6.45) is 3.70. The molecule has 4 aromatic rings. The first kappa shape index (κ1) is 17.6. The second kappa shape index (κ2) is 6.81. The molecule has 144 valence electrons.